The molecule has 5 nitrogen and oxygen atoms in total. The van der Waals surface area contributed by atoms with E-state index in [0.29, 0.717) is 11.0 Å². The number of benzene rings is 1. The van der Waals surface area contributed by atoms with Gasteiger partial charge in [-0.15, -0.1) is 0 Å². The maximum absolute atomic E-state index is 11.0. The van der Waals surface area contributed by atoms with Crippen molar-refractivity contribution in [3.05, 3.63) is 42.6 Å². The van der Waals surface area contributed by atoms with Crippen LogP contribution >= 0.6 is 0 Å². The molecule has 0 aliphatic heterocycles. The number of pyridine rings is 2. The SMILES string of the molecule is O=S(=O)([O-])c1ccc2ccc3cccnc3c2n1.[Na+]. The summed E-state index contributed by atoms with van der Waals surface area (Å²) in [6.45, 7) is 0. The van der Waals surface area contributed by atoms with Crippen molar-refractivity contribution < 1.29 is 42.5 Å². The molecule has 0 N–H and O–H groups in total. The predicted molar refractivity (Wildman–Crippen MR) is 65.0 cm³/mol. The van der Waals surface area contributed by atoms with Crippen molar-refractivity contribution in [2.75, 3.05) is 0 Å². The molecule has 0 fully saturated rings. The number of hydrogen-bond acceptors (Lipinski definition) is 5. The van der Waals surface area contributed by atoms with E-state index in [4.69, 9.17) is 0 Å². The zero-order chi connectivity index (χ0) is 12.8. The first-order valence-electron chi connectivity index (χ1n) is 5.16. The Hall–Kier alpha value is -1.05. The summed E-state index contributed by atoms with van der Waals surface area (Å²) in [7, 11) is -4.55. The molecule has 0 aliphatic rings. The van der Waals surface area contributed by atoms with Gasteiger partial charge >= 0.3 is 29.6 Å². The van der Waals surface area contributed by atoms with Crippen molar-refractivity contribution in [3.63, 3.8) is 0 Å². The zero-order valence-electron chi connectivity index (χ0n) is 10.1. The second kappa shape index (κ2) is 5.15. The Bertz CT molecular complexity index is 865. The van der Waals surface area contributed by atoms with E-state index < -0.39 is 15.1 Å². The van der Waals surface area contributed by atoms with E-state index >= 15 is 0 Å². The zero-order valence-corrected chi connectivity index (χ0v) is 12.9. The summed E-state index contributed by atoms with van der Waals surface area (Å²) in [5.41, 5.74) is 1.01. The maximum atomic E-state index is 11.0. The van der Waals surface area contributed by atoms with Gasteiger partial charge in [-0.2, -0.15) is 0 Å². The van der Waals surface area contributed by atoms with Gasteiger partial charge in [0, 0.05) is 17.0 Å². The molecule has 0 saturated heterocycles. The molecule has 2 aromatic heterocycles. The summed E-state index contributed by atoms with van der Waals surface area (Å²) < 4.78 is 32.9. The molecule has 7 heteroatoms. The average molecular weight is 282 g/mol. The van der Waals surface area contributed by atoms with E-state index in [2.05, 4.69) is 9.97 Å². The van der Waals surface area contributed by atoms with Gasteiger partial charge in [0.15, 0.2) is 0 Å². The number of fused-ring (bicyclic) bond motifs is 3. The molecule has 3 aromatic rings. The standard InChI is InChI=1S/C12H8N2O3S.Na/c15-18(16,17)10-6-5-9-4-3-8-2-1-7-13-11(8)12(9)14-10;/h1-7H,(H,15,16,17);/q;+1/p-1. The third-order valence-electron chi connectivity index (χ3n) is 2.66. The first kappa shape index (κ1) is 14.4. The molecule has 1 aromatic carbocycles. The summed E-state index contributed by atoms with van der Waals surface area (Å²) in [4.78, 5) is 8.08. The number of hydrogen-bond donors (Lipinski definition) is 0. The van der Waals surface area contributed by atoms with Gasteiger partial charge in [-0.25, -0.2) is 13.4 Å². The van der Waals surface area contributed by atoms with Gasteiger partial charge in [0.1, 0.15) is 15.1 Å². The number of aromatic nitrogens is 2. The van der Waals surface area contributed by atoms with Crippen molar-refractivity contribution in [2.45, 2.75) is 5.03 Å². The Balaban J connectivity index is 0.00000133. The summed E-state index contributed by atoms with van der Waals surface area (Å²) in [6.07, 6.45) is 1.60. The van der Waals surface area contributed by atoms with Gasteiger partial charge in [-0.3, -0.25) is 4.98 Å². The van der Waals surface area contributed by atoms with Gasteiger partial charge in [-0.05, 0) is 18.2 Å². The van der Waals surface area contributed by atoms with Crippen LogP contribution in [-0.4, -0.2) is 22.9 Å². The van der Waals surface area contributed by atoms with Crippen LogP contribution in [0.3, 0.4) is 0 Å². The minimum absolute atomic E-state index is 0. The predicted octanol–water partition coefficient (Wildman–Crippen LogP) is -1.31. The third-order valence-corrected chi connectivity index (χ3v) is 3.40. The molecule has 0 spiro atoms. The smallest absolute Gasteiger partial charge is 0.743 e. The summed E-state index contributed by atoms with van der Waals surface area (Å²) in [5.74, 6) is 0. The molecule has 0 saturated carbocycles. The van der Waals surface area contributed by atoms with E-state index in [0.717, 1.165) is 10.8 Å². The Morgan fingerprint density at radius 1 is 0.947 bits per heavy atom. The van der Waals surface area contributed by atoms with Crippen LogP contribution in [0.5, 0.6) is 0 Å². The van der Waals surface area contributed by atoms with Gasteiger partial charge in [-0.1, -0.05) is 18.2 Å². The molecule has 0 radical (unpaired) electrons. The maximum Gasteiger partial charge on any atom is 1.00 e. The van der Waals surface area contributed by atoms with Crippen molar-refractivity contribution in [1.29, 1.82) is 0 Å². The molecule has 0 bridgehead atoms. The molecule has 3 rings (SSSR count). The van der Waals surface area contributed by atoms with Crippen LogP contribution in [0, 0.1) is 0 Å². The normalized spacial score (nSPS) is 11.4. The quantitative estimate of drug-likeness (QED) is 0.314. The Morgan fingerprint density at radius 2 is 1.58 bits per heavy atom. The molecular weight excluding hydrogens is 275 g/mol. The molecule has 90 valence electrons. The first-order chi connectivity index (χ1) is 8.55. The molecular formula is C12H7N2NaO3S. The summed E-state index contributed by atoms with van der Waals surface area (Å²) in [6, 6.07) is 10.1. The fourth-order valence-electron chi connectivity index (χ4n) is 1.85. The topological polar surface area (TPSA) is 83.0 Å². The van der Waals surface area contributed by atoms with Gasteiger partial charge in [0.05, 0.1) is 11.0 Å². The van der Waals surface area contributed by atoms with Gasteiger partial charge in [0.2, 0.25) is 0 Å². The number of nitrogens with zero attached hydrogens (tertiary/aromatic N) is 2. The van der Waals surface area contributed by atoms with Crippen LogP contribution in [0.25, 0.3) is 21.8 Å². The second-order valence-corrected chi connectivity index (χ2v) is 5.14. The minimum atomic E-state index is -4.55. The molecule has 0 unspecified atom stereocenters. The average Bonchev–Trinajstić information content (AvgIpc) is 2.37. The molecule has 0 amide bonds. The van der Waals surface area contributed by atoms with Crippen molar-refractivity contribution >= 4 is 31.9 Å². The Morgan fingerprint density at radius 3 is 2.26 bits per heavy atom. The van der Waals surface area contributed by atoms with Crippen molar-refractivity contribution in [3.8, 4) is 0 Å². The Kier molecular flexibility index (Phi) is 3.89. The molecule has 0 atom stereocenters. The van der Waals surface area contributed by atoms with E-state index in [1.807, 2.05) is 18.2 Å². The van der Waals surface area contributed by atoms with Gasteiger partial charge < -0.3 is 4.55 Å². The van der Waals surface area contributed by atoms with Crippen LogP contribution in [0.15, 0.2) is 47.6 Å². The summed E-state index contributed by atoms with van der Waals surface area (Å²) >= 11 is 0. The minimum Gasteiger partial charge on any atom is -0.743 e. The van der Waals surface area contributed by atoms with E-state index in [9.17, 15) is 13.0 Å². The first-order valence-corrected chi connectivity index (χ1v) is 6.57. The Labute approximate surface area is 131 Å². The van der Waals surface area contributed by atoms with Gasteiger partial charge in [0.25, 0.3) is 0 Å². The van der Waals surface area contributed by atoms with Crippen molar-refractivity contribution in [1.82, 2.24) is 9.97 Å². The van der Waals surface area contributed by atoms with E-state index in [-0.39, 0.29) is 29.6 Å². The fourth-order valence-corrected chi connectivity index (χ4v) is 2.28. The summed E-state index contributed by atoms with van der Waals surface area (Å²) in [5, 5.41) is 1.11. The van der Waals surface area contributed by atoms with Crippen LogP contribution in [0.2, 0.25) is 0 Å². The third kappa shape index (κ3) is 2.63. The molecule has 19 heavy (non-hydrogen) atoms. The molecule has 0 aliphatic carbocycles. The van der Waals surface area contributed by atoms with Crippen LogP contribution in [0.1, 0.15) is 0 Å². The monoisotopic (exact) mass is 282 g/mol. The fraction of sp³-hybridized carbons (Fsp3) is 0. The van der Waals surface area contributed by atoms with Crippen LogP contribution in [0.4, 0.5) is 0 Å². The van der Waals surface area contributed by atoms with Crippen LogP contribution < -0.4 is 29.6 Å². The van der Waals surface area contributed by atoms with Crippen LogP contribution in [-0.2, 0) is 10.1 Å². The number of rotatable bonds is 1. The molecule has 2 heterocycles. The van der Waals surface area contributed by atoms with E-state index in [1.165, 1.54) is 6.07 Å². The second-order valence-electron chi connectivity index (χ2n) is 3.82. The van der Waals surface area contributed by atoms with E-state index in [1.54, 1.807) is 18.3 Å². The largest absolute Gasteiger partial charge is 1.00 e. The van der Waals surface area contributed by atoms with Crippen molar-refractivity contribution in [2.24, 2.45) is 0 Å².